The smallest absolute Gasteiger partial charge is 0.0622 e. The Kier molecular flexibility index (Phi) is 5.01. The van der Waals surface area contributed by atoms with Gasteiger partial charge in [-0.05, 0) is 49.0 Å². The first-order valence-corrected chi connectivity index (χ1v) is 9.77. The van der Waals surface area contributed by atoms with Gasteiger partial charge >= 0.3 is 0 Å². The van der Waals surface area contributed by atoms with Crippen LogP contribution in [0.15, 0.2) is 30.3 Å². The molecular weight excluding hydrogens is 282 g/mol. The van der Waals surface area contributed by atoms with Crippen molar-refractivity contribution in [3.05, 3.63) is 35.9 Å². The standard InChI is InChI=1S/C21H31NO/c1-3-7-17(8-4-1)11-13-22(18-12-14-23-16-18)15-21-19-9-5-2-6-10-20(19)21/h1,3-4,7-8,18-21H,2,5-6,9-16H2. The Bertz CT molecular complexity index is 470. The second kappa shape index (κ2) is 7.36. The van der Waals surface area contributed by atoms with E-state index in [0.29, 0.717) is 6.04 Å². The molecule has 0 spiro atoms. The van der Waals surface area contributed by atoms with Crippen LogP contribution in [-0.2, 0) is 11.2 Å². The minimum Gasteiger partial charge on any atom is -0.380 e. The Labute approximate surface area is 141 Å². The van der Waals surface area contributed by atoms with Crippen molar-refractivity contribution in [2.24, 2.45) is 17.8 Å². The number of rotatable bonds is 6. The molecule has 0 N–H and O–H groups in total. The maximum atomic E-state index is 5.69. The number of hydrogen-bond donors (Lipinski definition) is 0. The molecule has 3 fully saturated rings. The molecule has 3 atom stereocenters. The summed E-state index contributed by atoms with van der Waals surface area (Å²) in [6.07, 6.45) is 9.86. The topological polar surface area (TPSA) is 12.5 Å². The summed E-state index contributed by atoms with van der Waals surface area (Å²) in [6, 6.07) is 11.6. The highest BCUT2D eigenvalue weighted by atomic mass is 16.5. The molecule has 0 bridgehead atoms. The van der Waals surface area contributed by atoms with Gasteiger partial charge in [0.2, 0.25) is 0 Å². The van der Waals surface area contributed by atoms with E-state index < -0.39 is 0 Å². The van der Waals surface area contributed by atoms with Gasteiger partial charge in [-0.1, -0.05) is 49.6 Å². The van der Waals surface area contributed by atoms with E-state index in [1.165, 1.54) is 63.6 Å². The van der Waals surface area contributed by atoms with Crippen LogP contribution in [0.2, 0.25) is 0 Å². The maximum Gasteiger partial charge on any atom is 0.0622 e. The normalized spacial score (nSPS) is 33.4. The van der Waals surface area contributed by atoms with Crippen molar-refractivity contribution < 1.29 is 4.74 Å². The van der Waals surface area contributed by atoms with Crippen LogP contribution in [0.1, 0.15) is 44.1 Å². The molecule has 126 valence electrons. The lowest BCUT2D eigenvalue weighted by Crippen LogP contribution is -2.39. The van der Waals surface area contributed by atoms with Crippen molar-refractivity contribution in [1.29, 1.82) is 0 Å². The van der Waals surface area contributed by atoms with E-state index in [4.69, 9.17) is 4.74 Å². The fourth-order valence-electron chi connectivity index (χ4n) is 5.01. The van der Waals surface area contributed by atoms with Crippen LogP contribution in [-0.4, -0.2) is 37.2 Å². The largest absolute Gasteiger partial charge is 0.380 e. The van der Waals surface area contributed by atoms with Crippen LogP contribution in [0.5, 0.6) is 0 Å². The third-order valence-electron chi connectivity index (χ3n) is 6.48. The van der Waals surface area contributed by atoms with E-state index in [9.17, 15) is 0 Å². The van der Waals surface area contributed by atoms with Gasteiger partial charge in [0.15, 0.2) is 0 Å². The predicted molar refractivity (Wildman–Crippen MR) is 94.5 cm³/mol. The van der Waals surface area contributed by atoms with Gasteiger partial charge in [0.05, 0.1) is 6.61 Å². The van der Waals surface area contributed by atoms with Gasteiger partial charge in [0.25, 0.3) is 0 Å². The first-order chi connectivity index (χ1) is 11.4. The summed E-state index contributed by atoms with van der Waals surface area (Å²) in [4.78, 5) is 2.78. The average molecular weight is 313 g/mol. The molecule has 0 amide bonds. The Morgan fingerprint density at radius 3 is 2.43 bits per heavy atom. The van der Waals surface area contributed by atoms with E-state index in [2.05, 4.69) is 35.2 Å². The zero-order valence-corrected chi connectivity index (χ0v) is 14.3. The fraction of sp³-hybridized carbons (Fsp3) is 0.714. The summed E-state index contributed by atoms with van der Waals surface area (Å²) in [6.45, 7) is 4.45. The molecule has 3 unspecified atom stereocenters. The molecule has 23 heavy (non-hydrogen) atoms. The molecule has 3 aliphatic rings. The number of nitrogens with zero attached hydrogens (tertiary/aromatic N) is 1. The molecule has 1 aromatic rings. The molecule has 2 nitrogen and oxygen atoms in total. The molecule has 2 aliphatic carbocycles. The number of hydrogen-bond acceptors (Lipinski definition) is 2. The van der Waals surface area contributed by atoms with Crippen LogP contribution >= 0.6 is 0 Å². The second-order valence-corrected chi connectivity index (χ2v) is 7.88. The highest BCUT2D eigenvalue weighted by molar-refractivity contribution is 5.15. The van der Waals surface area contributed by atoms with Gasteiger partial charge in [-0.2, -0.15) is 0 Å². The van der Waals surface area contributed by atoms with Gasteiger partial charge < -0.3 is 4.74 Å². The van der Waals surface area contributed by atoms with Crippen molar-refractivity contribution >= 4 is 0 Å². The molecule has 2 heteroatoms. The molecule has 0 aromatic heterocycles. The highest BCUT2D eigenvalue weighted by Gasteiger charge is 2.50. The van der Waals surface area contributed by atoms with Crippen molar-refractivity contribution in [2.75, 3.05) is 26.3 Å². The van der Waals surface area contributed by atoms with Crippen molar-refractivity contribution in [3.8, 4) is 0 Å². The SMILES string of the molecule is c1ccc(CCN(CC2C3CCCCCC32)C2CCOC2)cc1. The Morgan fingerprint density at radius 1 is 0.957 bits per heavy atom. The summed E-state index contributed by atoms with van der Waals surface area (Å²) in [5, 5.41) is 0. The number of fused-ring (bicyclic) bond motifs is 1. The minimum atomic E-state index is 0.670. The van der Waals surface area contributed by atoms with E-state index in [0.717, 1.165) is 31.0 Å². The van der Waals surface area contributed by atoms with Crippen LogP contribution in [0.3, 0.4) is 0 Å². The average Bonchev–Trinajstić information content (AvgIpc) is 3.03. The summed E-state index contributed by atoms with van der Waals surface area (Å²) >= 11 is 0. The molecule has 1 aliphatic heterocycles. The van der Waals surface area contributed by atoms with Gasteiger partial charge in [-0.25, -0.2) is 0 Å². The van der Waals surface area contributed by atoms with Crippen LogP contribution in [0.4, 0.5) is 0 Å². The molecule has 1 saturated heterocycles. The fourth-order valence-corrected chi connectivity index (χ4v) is 5.01. The summed E-state index contributed by atoms with van der Waals surface area (Å²) in [5.74, 6) is 3.10. The third-order valence-corrected chi connectivity index (χ3v) is 6.48. The maximum absolute atomic E-state index is 5.69. The zero-order chi connectivity index (χ0) is 15.5. The summed E-state index contributed by atoms with van der Waals surface area (Å²) < 4.78 is 5.69. The van der Waals surface area contributed by atoms with Crippen LogP contribution in [0, 0.1) is 17.8 Å². The summed E-state index contributed by atoms with van der Waals surface area (Å²) in [7, 11) is 0. The zero-order valence-electron chi connectivity index (χ0n) is 14.3. The lowest BCUT2D eigenvalue weighted by atomic mass is 10.1. The quantitative estimate of drug-likeness (QED) is 0.782. The second-order valence-electron chi connectivity index (χ2n) is 7.88. The minimum absolute atomic E-state index is 0.670. The first-order valence-electron chi connectivity index (χ1n) is 9.77. The summed E-state index contributed by atoms with van der Waals surface area (Å²) in [5.41, 5.74) is 1.47. The molecule has 2 saturated carbocycles. The number of ether oxygens (including phenoxy) is 1. The molecule has 4 rings (SSSR count). The van der Waals surface area contributed by atoms with E-state index in [1.54, 1.807) is 0 Å². The molecule has 1 aromatic carbocycles. The molecule has 0 radical (unpaired) electrons. The highest BCUT2D eigenvalue weighted by Crippen LogP contribution is 2.54. The molecule has 1 heterocycles. The number of benzene rings is 1. The monoisotopic (exact) mass is 313 g/mol. The van der Waals surface area contributed by atoms with E-state index in [-0.39, 0.29) is 0 Å². The predicted octanol–water partition coefficient (Wildman–Crippen LogP) is 4.15. The third kappa shape index (κ3) is 3.80. The first kappa shape index (κ1) is 15.7. The van der Waals surface area contributed by atoms with Crippen molar-refractivity contribution in [3.63, 3.8) is 0 Å². The van der Waals surface area contributed by atoms with Crippen molar-refractivity contribution in [2.45, 2.75) is 51.0 Å². The van der Waals surface area contributed by atoms with Crippen LogP contribution in [0.25, 0.3) is 0 Å². The van der Waals surface area contributed by atoms with Gasteiger partial charge in [0, 0.05) is 25.7 Å². The Balaban J connectivity index is 1.35. The molecular formula is C21H31NO. The van der Waals surface area contributed by atoms with E-state index in [1.807, 2.05) is 0 Å². The van der Waals surface area contributed by atoms with Crippen LogP contribution < -0.4 is 0 Å². The van der Waals surface area contributed by atoms with Gasteiger partial charge in [-0.3, -0.25) is 4.90 Å². The lowest BCUT2D eigenvalue weighted by Gasteiger charge is -2.28. The lowest BCUT2D eigenvalue weighted by molar-refractivity contribution is 0.138. The van der Waals surface area contributed by atoms with Crippen molar-refractivity contribution in [1.82, 2.24) is 4.90 Å². The van der Waals surface area contributed by atoms with Gasteiger partial charge in [-0.15, -0.1) is 0 Å². The van der Waals surface area contributed by atoms with Gasteiger partial charge in [0.1, 0.15) is 0 Å². The van der Waals surface area contributed by atoms with E-state index >= 15 is 0 Å². The Hall–Kier alpha value is -0.860. The Morgan fingerprint density at radius 2 is 1.74 bits per heavy atom.